The maximum Gasteiger partial charge on any atom is 0.344 e. The number of amides is 2. The topological polar surface area (TPSA) is 96.6 Å². The summed E-state index contributed by atoms with van der Waals surface area (Å²) in [4.78, 5) is 40.9. The number of carbonyl (C=O) groups excluding carboxylic acids is 2. The van der Waals surface area contributed by atoms with Gasteiger partial charge in [-0.05, 0) is 36.6 Å². The van der Waals surface area contributed by atoms with Crippen molar-refractivity contribution in [1.82, 2.24) is 20.0 Å². The summed E-state index contributed by atoms with van der Waals surface area (Å²) in [5, 5.41) is 8.69. The molecule has 0 bridgehead atoms. The Morgan fingerprint density at radius 1 is 1.11 bits per heavy atom. The average Bonchev–Trinajstić information content (AvgIpc) is 2.73. The molecule has 4 rings (SSSR count). The van der Waals surface area contributed by atoms with Gasteiger partial charge in [-0.15, -0.1) is 5.10 Å². The summed E-state index contributed by atoms with van der Waals surface area (Å²) in [5.74, 6) is -0.573. The molecule has 142 valence electrons. The summed E-state index contributed by atoms with van der Waals surface area (Å²) in [6.45, 7) is 2.90. The Balaban J connectivity index is 1.52. The van der Waals surface area contributed by atoms with E-state index in [1.165, 1.54) is 6.20 Å². The van der Waals surface area contributed by atoms with Crippen molar-refractivity contribution in [3.63, 3.8) is 0 Å². The Hall–Kier alpha value is -3.55. The molecular formula is C20H18N4O4. The third kappa shape index (κ3) is 3.24. The number of benzene rings is 1. The minimum absolute atomic E-state index is 0.00426. The molecule has 28 heavy (non-hydrogen) atoms. The fraction of sp³-hybridized carbons (Fsp3) is 0.250. The molecule has 1 aromatic carbocycles. The number of rotatable bonds is 2. The zero-order valence-electron chi connectivity index (χ0n) is 15.2. The van der Waals surface area contributed by atoms with Gasteiger partial charge in [0.25, 0.3) is 11.8 Å². The number of carbonyl (C=O) groups is 2. The molecule has 8 heteroatoms. The highest BCUT2D eigenvalue weighted by molar-refractivity contribution is 5.96. The van der Waals surface area contributed by atoms with Gasteiger partial charge in [0.15, 0.2) is 11.5 Å². The number of fused-ring (bicyclic) bond motifs is 1. The van der Waals surface area contributed by atoms with Gasteiger partial charge in [-0.2, -0.15) is 5.10 Å². The van der Waals surface area contributed by atoms with Crippen molar-refractivity contribution in [2.24, 2.45) is 0 Å². The fourth-order valence-electron chi connectivity index (χ4n) is 3.40. The molecule has 0 radical (unpaired) electrons. The van der Waals surface area contributed by atoms with Gasteiger partial charge in [-0.25, -0.2) is 4.79 Å². The monoisotopic (exact) mass is 378 g/mol. The lowest BCUT2D eigenvalue weighted by Gasteiger charge is -2.39. The highest BCUT2D eigenvalue weighted by Crippen LogP contribution is 2.17. The summed E-state index contributed by atoms with van der Waals surface area (Å²) in [7, 11) is 0. The van der Waals surface area contributed by atoms with Crippen molar-refractivity contribution < 1.29 is 14.0 Å². The Morgan fingerprint density at radius 3 is 2.68 bits per heavy atom. The van der Waals surface area contributed by atoms with E-state index >= 15 is 0 Å². The predicted molar refractivity (Wildman–Crippen MR) is 101 cm³/mol. The molecule has 0 unspecified atom stereocenters. The molecule has 1 aliphatic rings. The Kier molecular flexibility index (Phi) is 4.60. The molecule has 0 aliphatic carbocycles. The Labute approximate surface area is 160 Å². The summed E-state index contributed by atoms with van der Waals surface area (Å²) in [6, 6.07) is 11.6. The van der Waals surface area contributed by atoms with Crippen LogP contribution in [0, 0.1) is 0 Å². The first-order valence-corrected chi connectivity index (χ1v) is 8.95. The molecular weight excluding hydrogens is 360 g/mol. The summed E-state index contributed by atoms with van der Waals surface area (Å²) < 4.78 is 5.24. The third-order valence-corrected chi connectivity index (χ3v) is 4.85. The van der Waals surface area contributed by atoms with Crippen molar-refractivity contribution in [2.45, 2.75) is 13.0 Å². The van der Waals surface area contributed by atoms with Gasteiger partial charge < -0.3 is 14.2 Å². The molecule has 0 spiro atoms. The zero-order chi connectivity index (χ0) is 19.7. The van der Waals surface area contributed by atoms with Gasteiger partial charge in [-0.3, -0.25) is 9.59 Å². The lowest BCUT2D eigenvalue weighted by Crippen LogP contribution is -2.55. The van der Waals surface area contributed by atoms with Crippen molar-refractivity contribution >= 4 is 22.6 Å². The second-order valence-electron chi connectivity index (χ2n) is 6.69. The smallest absolute Gasteiger partial charge is 0.344 e. The van der Waals surface area contributed by atoms with Gasteiger partial charge in [0.05, 0.1) is 5.39 Å². The maximum atomic E-state index is 12.9. The summed E-state index contributed by atoms with van der Waals surface area (Å²) in [5.41, 5.74) is -0.263. The van der Waals surface area contributed by atoms with Crippen LogP contribution in [0.5, 0.6) is 0 Å². The lowest BCUT2D eigenvalue weighted by atomic mass is 10.1. The van der Waals surface area contributed by atoms with Crippen LogP contribution in [-0.4, -0.2) is 57.5 Å². The number of aromatic nitrogens is 2. The molecule has 2 amide bonds. The number of hydrogen-bond acceptors (Lipinski definition) is 6. The van der Waals surface area contributed by atoms with Crippen LogP contribution in [0.25, 0.3) is 10.8 Å². The van der Waals surface area contributed by atoms with Crippen LogP contribution in [0.4, 0.5) is 0 Å². The van der Waals surface area contributed by atoms with Crippen LogP contribution in [-0.2, 0) is 0 Å². The predicted octanol–water partition coefficient (Wildman–Crippen LogP) is 1.57. The van der Waals surface area contributed by atoms with Crippen LogP contribution in [0.2, 0.25) is 0 Å². The first kappa shape index (κ1) is 17.8. The van der Waals surface area contributed by atoms with E-state index in [2.05, 4.69) is 10.2 Å². The Bertz CT molecular complexity index is 1100. The normalized spacial score (nSPS) is 17.0. The van der Waals surface area contributed by atoms with E-state index in [1.807, 2.05) is 6.92 Å². The number of hydrogen-bond donors (Lipinski definition) is 0. The SMILES string of the molecule is C[C@H]1CN(C(=O)c2cc3ccccc3c(=O)o2)CCN1C(=O)c1cccnn1. The van der Waals surface area contributed by atoms with Gasteiger partial charge in [0.2, 0.25) is 0 Å². The van der Waals surface area contributed by atoms with Crippen LogP contribution in [0.15, 0.2) is 57.9 Å². The molecule has 8 nitrogen and oxygen atoms in total. The van der Waals surface area contributed by atoms with Crippen LogP contribution in [0.1, 0.15) is 28.0 Å². The molecule has 1 atom stereocenters. The second-order valence-corrected chi connectivity index (χ2v) is 6.69. The molecule has 0 saturated carbocycles. The van der Waals surface area contributed by atoms with E-state index < -0.39 is 5.63 Å². The molecule has 1 fully saturated rings. The third-order valence-electron chi connectivity index (χ3n) is 4.85. The van der Waals surface area contributed by atoms with E-state index in [1.54, 1.807) is 52.3 Å². The maximum absolute atomic E-state index is 12.9. The highest BCUT2D eigenvalue weighted by atomic mass is 16.4. The van der Waals surface area contributed by atoms with Gasteiger partial charge in [0, 0.05) is 31.9 Å². The minimum Gasteiger partial charge on any atom is -0.417 e. The van der Waals surface area contributed by atoms with E-state index in [9.17, 15) is 14.4 Å². The van der Waals surface area contributed by atoms with Crippen LogP contribution < -0.4 is 5.63 Å². The number of piperazine rings is 1. The average molecular weight is 378 g/mol. The summed E-state index contributed by atoms with van der Waals surface area (Å²) in [6.07, 6.45) is 1.51. The second kappa shape index (κ2) is 7.22. The molecule has 1 aliphatic heterocycles. The molecule has 1 saturated heterocycles. The lowest BCUT2D eigenvalue weighted by molar-refractivity contribution is 0.0393. The number of nitrogens with zero attached hydrogens (tertiary/aromatic N) is 4. The zero-order valence-corrected chi connectivity index (χ0v) is 15.2. The quantitative estimate of drug-likeness (QED) is 0.672. The molecule has 2 aromatic heterocycles. The first-order valence-electron chi connectivity index (χ1n) is 8.95. The van der Waals surface area contributed by atoms with E-state index in [0.29, 0.717) is 30.4 Å². The first-order chi connectivity index (χ1) is 13.5. The molecule has 3 heterocycles. The van der Waals surface area contributed by atoms with E-state index in [0.717, 1.165) is 0 Å². The largest absolute Gasteiger partial charge is 0.417 e. The van der Waals surface area contributed by atoms with E-state index in [-0.39, 0.29) is 29.3 Å². The highest BCUT2D eigenvalue weighted by Gasteiger charge is 2.32. The van der Waals surface area contributed by atoms with Crippen molar-refractivity contribution in [2.75, 3.05) is 19.6 Å². The minimum atomic E-state index is -0.536. The van der Waals surface area contributed by atoms with E-state index in [4.69, 9.17) is 4.42 Å². The standard InChI is InChI=1S/C20H18N4O4/c1-13-12-23(9-10-24(13)18(25)16-7-4-8-21-22-16)19(26)17-11-14-5-2-3-6-15(14)20(27)28-17/h2-8,11,13H,9-10,12H2,1H3/t13-/m0/s1. The van der Waals surface area contributed by atoms with Crippen molar-refractivity contribution in [3.8, 4) is 0 Å². The van der Waals surface area contributed by atoms with Gasteiger partial charge >= 0.3 is 5.63 Å². The van der Waals surface area contributed by atoms with Crippen LogP contribution in [0.3, 0.4) is 0 Å². The molecule has 0 N–H and O–H groups in total. The molecule has 3 aromatic rings. The summed E-state index contributed by atoms with van der Waals surface area (Å²) >= 11 is 0. The Morgan fingerprint density at radius 2 is 1.93 bits per heavy atom. The fourth-order valence-corrected chi connectivity index (χ4v) is 3.40. The van der Waals surface area contributed by atoms with Gasteiger partial charge in [0.1, 0.15) is 0 Å². The van der Waals surface area contributed by atoms with Crippen molar-refractivity contribution in [1.29, 1.82) is 0 Å². The van der Waals surface area contributed by atoms with Crippen molar-refractivity contribution in [3.05, 3.63) is 70.5 Å². The van der Waals surface area contributed by atoms with Crippen LogP contribution >= 0.6 is 0 Å². The van der Waals surface area contributed by atoms with Gasteiger partial charge in [-0.1, -0.05) is 18.2 Å².